The molecule has 0 unspecified atom stereocenters. The lowest BCUT2D eigenvalue weighted by Gasteiger charge is -2.21. The number of rotatable bonds is 3. The molecule has 0 aliphatic heterocycles. The van der Waals surface area contributed by atoms with Crippen LogP contribution in [0, 0.1) is 0 Å². The molecule has 1 aromatic carbocycles. The average Bonchev–Trinajstić information content (AvgIpc) is 3.04. The van der Waals surface area contributed by atoms with Gasteiger partial charge in [-0.25, -0.2) is 4.68 Å². The fraction of sp³-hybridized carbons (Fsp3) is 0.444. The summed E-state index contributed by atoms with van der Waals surface area (Å²) in [5.41, 5.74) is 1.69. The van der Waals surface area contributed by atoms with Gasteiger partial charge in [0.2, 0.25) is 0 Å². The molecule has 2 aromatic rings. The third-order valence-corrected chi connectivity index (χ3v) is 4.34. The van der Waals surface area contributed by atoms with Crippen molar-refractivity contribution in [3.63, 3.8) is 0 Å². The summed E-state index contributed by atoms with van der Waals surface area (Å²) in [4.78, 5) is 12.4. The van der Waals surface area contributed by atoms with Crippen LogP contribution in [0.15, 0.2) is 42.7 Å². The van der Waals surface area contributed by atoms with E-state index in [9.17, 15) is 4.79 Å². The Morgan fingerprint density at radius 3 is 2.36 bits per heavy atom. The molecule has 3 rings (SSSR count). The normalized spacial score (nSPS) is 16.7. The Labute approximate surface area is 131 Å². The predicted octanol–water partition coefficient (Wildman–Crippen LogP) is 3.72. The van der Waals surface area contributed by atoms with E-state index < -0.39 is 0 Å². The van der Waals surface area contributed by atoms with Gasteiger partial charge in [0.05, 0.1) is 5.69 Å². The maximum atomic E-state index is 12.4. The zero-order valence-corrected chi connectivity index (χ0v) is 12.9. The van der Waals surface area contributed by atoms with Gasteiger partial charge in [-0.05, 0) is 43.2 Å². The quantitative estimate of drug-likeness (QED) is 0.938. The number of nitrogens with zero attached hydrogens (tertiary/aromatic N) is 2. The molecule has 0 spiro atoms. The minimum atomic E-state index is 0.0394. The van der Waals surface area contributed by atoms with Gasteiger partial charge in [-0.1, -0.05) is 32.1 Å². The fourth-order valence-electron chi connectivity index (χ4n) is 3.06. The number of carbonyl (C=O) groups is 1. The van der Waals surface area contributed by atoms with Crippen molar-refractivity contribution in [2.75, 3.05) is 0 Å². The van der Waals surface area contributed by atoms with Crippen LogP contribution >= 0.6 is 0 Å². The zero-order valence-electron chi connectivity index (χ0n) is 12.9. The van der Waals surface area contributed by atoms with Crippen LogP contribution in [0.2, 0.25) is 0 Å². The Bertz CT molecular complexity index is 581. The van der Waals surface area contributed by atoms with E-state index in [1.807, 2.05) is 36.5 Å². The summed E-state index contributed by atoms with van der Waals surface area (Å²) in [7, 11) is 0. The van der Waals surface area contributed by atoms with Crippen LogP contribution in [0.5, 0.6) is 0 Å². The summed E-state index contributed by atoms with van der Waals surface area (Å²) in [5.74, 6) is 0.0394. The lowest BCUT2D eigenvalue weighted by atomic mass is 9.96. The Kier molecular flexibility index (Phi) is 4.88. The minimum absolute atomic E-state index is 0.0394. The summed E-state index contributed by atoms with van der Waals surface area (Å²) < 4.78 is 1.79. The maximum Gasteiger partial charge on any atom is 0.251 e. The topological polar surface area (TPSA) is 46.9 Å². The Balaban J connectivity index is 1.62. The maximum absolute atomic E-state index is 12.4. The van der Waals surface area contributed by atoms with Crippen LogP contribution in [0.3, 0.4) is 0 Å². The van der Waals surface area contributed by atoms with Crippen molar-refractivity contribution >= 4 is 5.91 Å². The molecular weight excluding hydrogens is 274 g/mol. The van der Waals surface area contributed by atoms with Crippen molar-refractivity contribution in [3.8, 4) is 5.69 Å². The first-order valence-corrected chi connectivity index (χ1v) is 8.24. The van der Waals surface area contributed by atoms with E-state index in [2.05, 4.69) is 10.4 Å². The first kappa shape index (κ1) is 14.8. The summed E-state index contributed by atoms with van der Waals surface area (Å²) >= 11 is 0. The number of hydrogen-bond donors (Lipinski definition) is 1. The Hall–Kier alpha value is -2.10. The molecule has 0 radical (unpaired) electrons. The average molecular weight is 297 g/mol. The van der Waals surface area contributed by atoms with Gasteiger partial charge in [0.25, 0.3) is 5.91 Å². The van der Waals surface area contributed by atoms with Gasteiger partial charge in [-0.2, -0.15) is 5.10 Å². The predicted molar refractivity (Wildman–Crippen MR) is 87.1 cm³/mol. The summed E-state index contributed by atoms with van der Waals surface area (Å²) in [6.45, 7) is 0. The van der Waals surface area contributed by atoms with Gasteiger partial charge in [0.15, 0.2) is 0 Å². The Morgan fingerprint density at radius 1 is 1.05 bits per heavy atom. The number of hydrogen-bond acceptors (Lipinski definition) is 2. The summed E-state index contributed by atoms with van der Waals surface area (Å²) in [6, 6.07) is 9.82. The van der Waals surface area contributed by atoms with Crippen molar-refractivity contribution in [2.45, 2.75) is 51.0 Å². The van der Waals surface area contributed by atoms with E-state index in [0.29, 0.717) is 6.04 Å². The van der Waals surface area contributed by atoms with Crippen molar-refractivity contribution in [3.05, 3.63) is 48.3 Å². The molecule has 1 aliphatic carbocycles. The van der Waals surface area contributed by atoms with Gasteiger partial charge in [0.1, 0.15) is 0 Å². The molecule has 4 heteroatoms. The second-order valence-corrected chi connectivity index (χ2v) is 6.01. The van der Waals surface area contributed by atoms with Crippen LogP contribution in [0.1, 0.15) is 55.3 Å². The molecule has 0 bridgehead atoms. The molecule has 1 fully saturated rings. The van der Waals surface area contributed by atoms with Crippen molar-refractivity contribution in [1.82, 2.24) is 15.1 Å². The van der Waals surface area contributed by atoms with Crippen LogP contribution in [-0.4, -0.2) is 21.7 Å². The molecule has 1 amide bonds. The molecule has 4 nitrogen and oxygen atoms in total. The number of carbonyl (C=O) groups excluding carboxylic acids is 1. The van der Waals surface area contributed by atoms with E-state index in [1.165, 1.54) is 32.1 Å². The van der Waals surface area contributed by atoms with Gasteiger partial charge in [-0.3, -0.25) is 4.79 Å². The van der Waals surface area contributed by atoms with Gasteiger partial charge in [-0.15, -0.1) is 0 Å². The van der Waals surface area contributed by atoms with Gasteiger partial charge >= 0.3 is 0 Å². The first-order chi connectivity index (χ1) is 10.8. The largest absolute Gasteiger partial charge is 0.349 e. The lowest BCUT2D eigenvalue weighted by molar-refractivity contribution is 0.0930. The van der Waals surface area contributed by atoms with Gasteiger partial charge < -0.3 is 5.32 Å². The first-order valence-electron chi connectivity index (χ1n) is 8.24. The van der Waals surface area contributed by atoms with Crippen LogP contribution in [0.25, 0.3) is 5.69 Å². The molecule has 0 atom stereocenters. The highest BCUT2D eigenvalue weighted by Crippen LogP contribution is 2.17. The van der Waals surface area contributed by atoms with Crippen LogP contribution < -0.4 is 5.32 Å². The zero-order chi connectivity index (χ0) is 15.2. The number of aromatic nitrogens is 2. The van der Waals surface area contributed by atoms with Crippen molar-refractivity contribution in [1.29, 1.82) is 0 Å². The van der Waals surface area contributed by atoms with E-state index in [1.54, 1.807) is 10.9 Å². The molecule has 1 aromatic heterocycles. The van der Waals surface area contributed by atoms with Crippen molar-refractivity contribution in [2.24, 2.45) is 0 Å². The highest BCUT2D eigenvalue weighted by molar-refractivity contribution is 5.94. The molecule has 22 heavy (non-hydrogen) atoms. The number of benzene rings is 1. The molecule has 1 N–H and O–H groups in total. The third-order valence-electron chi connectivity index (χ3n) is 4.34. The summed E-state index contributed by atoms with van der Waals surface area (Å²) in [5, 5.41) is 7.39. The lowest BCUT2D eigenvalue weighted by Crippen LogP contribution is -2.35. The molecule has 1 heterocycles. The number of nitrogens with one attached hydrogen (secondary N) is 1. The van der Waals surface area contributed by atoms with E-state index >= 15 is 0 Å². The number of amides is 1. The van der Waals surface area contributed by atoms with Crippen LogP contribution in [0.4, 0.5) is 0 Å². The second-order valence-electron chi connectivity index (χ2n) is 6.01. The fourth-order valence-corrected chi connectivity index (χ4v) is 3.06. The Morgan fingerprint density at radius 2 is 1.73 bits per heavy atom. The highest BCUT2D eigenvalue weighted by atomic mass is 16.1. The van der Waals surface area contributed by atoms with Gasteiger partial charge in [0, 0.05) is 24.0 Å². The molecule has 1 saturated carbocycles. The molecule has 116 valence electrons. The summed E-state index contributed by atoms with van der Waals surface area (Å²) in [6.07, 6.45) is 12.2. The third kappa shape index (κ3) is 3.75. The monoisotopic (exact) mass is 297 g/mol. The highest BCUT2D eigenvalue weighted by Gasteiger charge is 2.15. The molecule has 0 saturated heterocycles. The molecule has 1 aliphatic rings. The SMILES string of the molecule is O=C(NC1CCCCCCC1)c1ccc(-n2cccn2)cc1. The molecular formula is C18H23N3O. The second kappa shape index (κ2) is 7.25. The van der Waals surface area contributed by atoms with Crippen molar-refractivity contribution < 1.29 is 4.79 Å². The standard InChI is InChI=1S/C18H23N3O/c22-18(20-16-7-4-2-1-3-5-8-16)15-9-11-17(12-10-15)21-14-6-13-19-21/h6,9-14,16H,1-5,7-8H2,(H,20,22). The minimum Gasteiger partial charge on any atom is -0.349 e. The van der Waals surface area contributed by atoms with Crippen LogP contribution in [-0.2, 0) is 0 Å². The van der Waals surface area contributed by atoms with E-state index in [-0.39, 0.29) is 5.91 Å². The smallest absolute Gasteiger partial charge is 0.251 e. The van der Waals surface area contributed by atoms with E-state index in [0.717, 1.165) is 24.1 Å². The van der Waals surface area contributed by atoms with E-state index in [4.69, 9.17) is 0 Å².